The van der Waals surface area contributed by atoms with Crippen LogP contribution in [-0.4, -0.2) is 49.7 Å². The Hall–Kier alpha value is -3.53. The van der Waals surface area contributed by atoms with Gasteiger partial charge in [0.2, 0.25) is 0 Å². The number of carbonyl (C=O) groups excluding carboxylic acids is 2. The quantitative estimate of drug-likeness (QED) is 0.448. The van der Waals surface area contributed by atoms with Gasteiger partial charge in [0.15, 0.2) is 6.61 Å². The lowest BCUT2D eigenvalue weighted by atomic mass is 10.1. The molecule has 1 N–H and O–H groups in total. The summed E-state index contributed by atoms with van der Waals surface area (Å²) < 4.78 is 23.7. The van der Waals surface area contributed by atoms with Crippen molar-refractivity contribution >= 4 is 28.9 Å². The Balaban J connectivity index is 1.65. The second kappa shape index (κ2) is 9.11. The average Bonchev–Trinajstić information content (AvgIpc) is 2.74. The van der Waals surface area contributed by atoms with E-state index in [9.17, 15) is 24.1 Å². The lowest BCUT2D eigenvalue weighted by Crippen LogP contribution is -2.36. The van der Waals surface area contributed by atoms with Gasteiger partial charge >= 0.3 is 5.97 Å². The molecular formula is C19H18FN3O6. The molecule has 10 heteroatoms. The molecule has 1 fully saturated rings. The molecule has 2 aromatic rings. The van der Waals surface area contributed by atoms with Gasteiger partial charge in [-0.05, 0) is 24.3 Å². The van der Waals surface area contributed by atoms with Crippen LogP contribution in [-0.2, 0) is 14.3 Å². The van der Waals surface area contributed by atoms with Crippen LogP contribution in [0.1, 0.15) is 10.4 Å². The molecule has 1 amide bonds. The fourth-order valence-electron chi connectivity index (χ4n) is 2.83. The number of benzene rings is 2. The van der Waals surface area contributed by atoms with E-state index in [0.717, 1.165) is 6.07 Å². The minimum absolute atomic E-state index is 0.0425. The summed E-state index contributed by atoms with van der Waals surface area (Å²) in [5, 5.41) is 13.7. The van der Waals surface area contributed by atoms with Gasteiger partial charge in [-0.15, -0.1) is 0 Å². The standard InChI is InChI=1S/C19H18FN3O6/c20-14-3-1-2-4-15(14)21-18(24)12-29-19(25)13-5-6-16(17(11-13)23(26)27)22-7-9-28-10-8-22/h1-6,11H,7-10,12H2,(H,21,24). The number of hydrogen-bond acceptors (Lipinski definition) is 7. The number of nitro benzene ring substituents is 1. The predicted octanol–water partition coefficient (Wildman–Crippen LogP) is 2.37. The smallest absolute Gasteiger partial charge is 0.338 e. The average molecular weight is 403 g/mol. The summed E-state index contributed by atoms with van der Waals surface area (Å²) in [6.07, 6.45) is 0. The number of nitro groups is 1. The van der Waals surface area contributed by atoms with Crippen molar-refractivity contribution in [2.45, 2.75) is 0 Å². The first-order chi connectivity index (χ1) is 14.0. The predicted molar refractivity (Wildman–Crippen MR) is 101 cm³/mol. The van der Waals surface area contributed by atoms with Crippen LogP contribution in [0.3, 0.4) is 0 Å². The lowest BCUT2D eigenvalue weighted by molar-refractivity contribution is -0.384. The zero-order valence-electron chi connectivity index (χ0n) is 15.3. The van der Waals surface area contributed by atoms with Gasteiger partial charge in [0, 0.05) is 19.2 Å². The van der Waals surface area contributed by atoms with Gasteiger partial charge in [-0.3, -0.25) is 14.9 Å². The van der Waals surface area contributed by atoms with E-state index in [-0.39, 0.29) is 16.9 Å². The highest BCUT2D eigenvalue weighted by Crippen LogP contribution is 2.30. The number of carbonyl (C=O) groups is 2. The molecule has 0 aliphatic carbocycles. The molecule has 0 radical (unpaired) electrons. The van der Waals surface area contributed by atoms with Gasteiger partial charge in [-0.25, -0.2) is 9.18 Å². The molecule has 0 atom stereocenters. The van der Waals surface area contributed by atoms with Crippen molar-refractivity contribution in [3.05, 3.63) is 64.0 Å². The topological polar surface area (TPSA) is 111 Å². The number of esters is 1. The van der Waals surface area contributed by atoms with Crippen LogP contribution in [0.25, 0.3) is 0 Å². The summed E-state index contributed by atoms with van der Waals surface area (Å²) >= 11 is 0. The van der Waals surface area contributed by atoms with Crippen molar-refractivity contribution in [2.75, 3.05) is 43.1 Å². The molecule has 1 heterocycles. The lowest BCUT2D eigenvalue weighted by Gasteiger charge is -2.28. The van der Waals surface area contributed by atoms with Crippen LogP contribution < -0.4 is 10.2 Å². The number of halogens is 1. The molecule has 0 saturated carbocycles. The number of hydrogen-bond donors (Lipinski definition) is 1. The summed E-state index contributed by atoms with van der Waals surface area (Å²) in [6, 6.07) is 9.54. The Morgan fingerprint density at radius 3 is 2.62 bits per heavy atom. The highest BCUT2D eigenvalue weighted by Gasteiger charge is 2.24. The van der Waals surface area contributed by atoms with Gasteiger partial charge < -0.3 is 19.7 Å². The molecule has 0 aromatic heterocycles. The first-order valence-electron chi connectivity index (χ1n) is 8.78. The fraction of sp³-hybridized carbons (Fsp3) is 0.263. The van der Waals surface area contributed by atoms with Crippen molar-refractivity contribution in [2.24, 2.45) is 0 Å². The van der Waals surface area contributed by atoms with Gasteiger partial charge in [-0.2, -0.15) is 0 Å². The molecule has 0 bridgehead atoms. The van der Waals surface area contributed by atoms with E-state index in [4.69, 9.17) is 9.47 Å². The van der Waals surface area contributed by atoms with Crippen molar-refractivity contribution in [3.63, 3.8) is 0 Å². The fourth-order valence-corrected chi connectivity index (χ4v) is 2.83. The van der Waals surface area contributed by atoms with Crippen LogP contribution in [0, 0.1) is 15.9 Å². The molecule has 0 spiro atoms. The second-order valence-corrected chi connectivity index (χ2v) is 6.16. The van der Waals surface area contributed by atoms with E-state index in [0.29, 0.717) is 32.0 Å². The Bertz CT molecular complexity index is 930. The molecule has 1 saturated heterocycles. The van der Waals surface area contributed by atoms with Gasteiger partial charge in [-0.1, -0.05) is 12.1 Å². The van der Waals surface area contributed by atoms with Crippen molar-refractivity contribution in [3.8, 4) is 0 Å². The Morgan fingerprint density at radius 1 is 1.21 bits per heavy atom. The maximum Gasteiger partial charge on any atom is 0.338 e. The zero-order valence-corrected chi connectivity index (χ0v) is 15.3. The van der Waals surface area contributed by atoms with Crippen LogP contribution >= 0.6 is 0 Å². The van der Waals surface area contributed by atoms with Gasteiger partial charge in [0.25, 0.3) is 11.6 Å². The minimum Gasteiger partial charge on any atom is -0.452 e. The third-order valence-electron chi connectivity index (χ3n) is 4.24. The molecule has 29 heavy (non-hydrogen) atoms. The van der Waals surface area contributed by atoms with Crippen LogP contribution in [0.5, 0.6) is 0 Å². The highest BCUT2D eigenvalue weighted by atomic mass is 19.1. The zero-order chi connectivity index (χ0) is 20.8. The first kappa shape index (κ1) is 20.2. The van der Waals surface area contributed by atoms with Gasteiger partial charge in [0.05, 0.1) is 29.4 Å². The van der Waals surface area contributed by atoms with E-state index in [2.05, 4.69) is 5.32 Å². The number of ether oxygens (including phenoxy) is 2. The maximum atomic E-state index is 13.5. The third-order valence-corrected chi connectivity index (χ3v) is 4.24. The first-order valence-corrected chi connectivity index (χ1v) is 8.78. The largest absolute Gasteiger partial charge is 0.452 e. The molecule has 1 aliphatic rings. The normalized spacial score (nSPS) is 13.6. The Morgan fingerprint density at radius 2 is 1.93 bits per heavy atom. The molecule has 2 aromatic carbocycles. The number of nitrogens with zero attached hydrogens (tertiary/aromatic N) is 2. The molecule has 0 unspecified atom stereocenters. The second-order valence-electron chi connectivity index (χ2n) is 6.16. The molecule has 3 rings (SSSR count). The number of morpholine rings is 1. The Kier molecular flexibility index (Phi) is 6.35. The van der Waals surface area contributed by atoms with E-state index in [1.807, 2.05) is 0 Å². The summed E-state index contributed by atoms with van der Waals surface area (Å²) in [5.74, 6) is -2.25. The summed E-state index contributed by atoms with van der Waals surface area (Å²) in [6.45, 7) is 1.25. The number of anilines is 2. The van der Waals surface area contributed by atoms with Crippen LogP contribution in [0.15, 0.2) is 42.5 Å². The summed E-state index contributed by atoms with van der Waals surface area (Å²) in [4.78, 5) is 36.7. The highest BCUT2D eigenvalue weighted by molar-refractivity contribution is 5.96. The molecule has 1 aliphatic heterocycles. The number of para-hydroxylation sites is 1. The number of amides is 1. The molecule has 9 nitrogen and oxygen atoms in total. The summed E-state index contributed by atoms with van der Waals surface area (Å²) in [5.41, 5.74) is 0.0377. The van der Waals surface area contributed by atoms with Crippen molar-refractivity contribution in [1.82, 2.24) is 0 Å². The van der Waals surface area contributed by atoms with E-state index in [1.165, 1.54) is 30.3 Å². The van der Waals surface area contributed by atoms with E-state index >= 15 is 0 Å². The van der Waals surface area contributed by atoms with Crippen molar-refractivity contribution in [1.29, 1.82) is 0 Å². The monoisotopic (exact) mass is 403 g/mol. The minimum atomic E-state index is -0.898. The molecular weight excluding hydrogens is 385 g/mol. The Labute approximate surface area is 165 Å². The maximum absolute atomic E-state index is 13.5. The third kappa shape index (κ3) is 5.05. The number of rotatable bonds is 6. The van der Waals surface area contributed by atoms with E-state index < -0.39 is 29.2 Å². The molecule has 152 valence electrons. The summed E-state index contributed by atoms with van der Waals surface area (Å²) in [7, 11) is 0. The van der Waals surface area contributed by atoms with Gasteiger partial charge in [0.1, 0.15) is 11.5 Å². The SMILES string of the molecule is O=C(COC(=O)c1ccc(N2CCOCC2)c([N+](=O)[O-])c1)Nc1ccccc1F. The number of nitrogens with one attached hydrogen (secondary N) is 1. The van der Waals surface area contributed by atoms with E-state index in [1.54, 1.807) is 11.0 Å². The van der Waals surface area contributed by atoms with Crippen molar-refractivity contribution < 1.29 is 28.4 Å². The van der Waals surface area contributed by atoms with Crippen LogP contribution in [0.2, 0.25) is 0 Å². The van der Waals surface area contributed by atoms with Crippen LogP contribution in [0.4, 0.5) is 21.5 Å².